The van der Waals surface area contributed by atoms with Crippen molar-refractivity contribution in [1.82, 2.24) is 14.8 Å². The number of nitrogens with zero attached hydrogens (tertiary/aromatic N) is 2. The van der Waals surface area contributed by atoms with Crippen molar-refractivity contribution in [2.45, 2.75) is 45.2 Å². The Labute approximate surface area is 142 Å². The van der Waals surface area contributed by atoms with E-state index in [1.165, 1.54) is 30.9 Å². The van der Waals surface area contributed by atoms with E-state index in [-0.39, 0.29) is 11.7 Å². The van der Waals surface area contributed by atoms with Crippen LogP contribution in [-0.4, -0.2) is 34.5 Å². The first-order chi connectivity index (χ1) is 11.5. The van der Waals surface area contributed by atoms with Crippen LogP contribution in [0.25, 0.3) is 10.9 Å². The topological polar surface area (TPSA) is 37.3 Å². The van der Waals surface area contributed by atoms with Gasteiger partial charge in [-0.15, -0.1) is 0 Å². The molecule has 1 aliphatic rings. The Morgan fingerprint density at radius 2 is 2.21 bits per heavy atom. The lowest BCUT2D eigenvalue weighted by Gasteiger charge is -2.35. The first-order valence-corrected chi connectivity index (χ1v) is 8.76. The molecule has 0 saturated carbocycles. The Balaban J connectivity index is 1.75. The van der Waals surface area contributed by atoms with E-state index in [1.54, 1.807) is 13.0 Å². The van der Waals surface area contributed by atoms with E-state index in [1.807, 2.05) is 13.1 Å². The minimum Gasteiger partial charge on any atom is -0.356 e. The monoisotopic (exact) mass is 331 g/mol. The van der Waals surface area contributed by atoms with Gasteiger partial charge < -0.3 is 9.88 Å². The number of halogens is 1. The predicted molar refractivity (Wildman–Crippen MR) is 94.2 cm³/mol. The van der Waals surface area contributed by atoms with Gasteiger partial charge in [0.2, 0.25) is 5.91 Å². The van der Waals surface area contributed by atoms with Gasteiger partial charge in [-0.2, -0.15) is 0 Å². The van der Waals surface area contributed by atoms with Gasteiger partial charge in [-0.1, -0.05) is 6.42 Å². The molecular weight excluding hydrogens is 305 g/mol. The fourth-order valence-corrected chi connectivity index (χ4v) is 3.80. The zero-order valence-corrected chi connectivity index (χ0v) is 14.5. The summed E-state index contributed by atoms with van der Waals surface area (Å²) in [6, 6.07) is 5.48. The molecule has 24 heavy (non-hydrogen) atoms. The zero-order chi connectivity index (χ0) is 17.1. The van der Waals surface area contributed by atoms with Gasteiger partial charge in [0.15, 0.2) is 0 Å². The largest absolute Gasteiger partial charge is 0.356 e. The predicted octanol–water partition coefficient (Wildman–Crippen LogP) is 3.20. The van der Waals surface area contributed by atoms with Crippen LogP contribution < -0.4 is 5.32 Å². The number of aromatic nitrogens is 1. The molecule has 0 aliphatic carbocycles. The summed E-state index contributed by atoms with van der Waals surface area (Å²) in [6.45, 7) is 4.19. The van der Waals surface area contributed by atoms with Gasteiger partial charge in [-0.3, -0.25) is 9.69 Å². The number of hydrogen-bond donors (Lipinski definition) is 1. The second-order valence-electron chi connectivity index (χ2n) is 6.82. The maximum atomic E-state index is 13.7. The number of carbonyl (C=O) groups is 1. The van der Waals surface area contributed by atoms with Gasteiger partial charge in [-0.25, -0.2) is 4.39 Å². The van der Waals surface area contributed by atoms with Crippen LogP contribution >= 0.6 is 0 Å². The van der Waals surface area contributed by atoms with Crippen molar-refractivity contribution in [2.24, 2.45) is 7.05 Å². The fourth-order valence-electron chi connectivity index (χ4n) is 3.80. The molecule has 2 heterocycles. The maximum Gasteiger partial charge on any atom is 0.216 e. The Morgan fingerprint density at radius 3 is 3.00 bits per heavy atom. The number of amides is 1. The molecule has 2 aromatic rings. The maximum absolute atomic E-state index is 13.7. The van der Waals surface area contributed by atoms with Gasteiger partial charge in [-0.05, 0) is 49.6 Å². The first-order valence-electron chi connectivity index (χ1n) is 8.76. The van der Waals surface area contributed by atoms with Crippen LogP contribution in [0, 0.1) is 5.82 Å². The van der Waals surface area contributed by atoms with Crippen LogP contribution in [0.3, 0.4) is 0 Å². The van der Waals surface area contributed by atoms with Crippen LogP contribution in [0.2, 0.25) is 0 Å². The average Bonchev–Trinajstić information content (AvgIpc) is 2.84. The number of likely N-dealkylation sites (tertiary alicyclic amines) is 1. The molecule has 130 valence electrons. The van der Waals surface area contributed by atoms with Gasteiger partial charge in [0.05, 0.1) is 0 Å². The number of rotatable bonds is 5. The van der Waals surface area contributed by atoms with Crippen molar-refractivity contribution in [2.75, 3.05) is 13.1 Å². The summed E-state index contributed by atoms with van der Waals surface area (Å²) < 4.78 is 15.7. The summed E-state index contributed by atoms with van der Waals surface area (Å²) in [5, 5.41) is 3.90. The minimum atomic E-state index is -0.184. The molecule has 0 unspecified atom stereocenters. The summed E-state index contributed by atoms with van der Waals surface area (Å²) in [6.07, 6.45) is 6.70. The molecule has 1 fully saturated rings. The highest BCUT2D eigenvalue weighted by Gasteiger charge is 2.23. The average molecular weight is 331 g/mol. The number of hydrogen-bond acceptors (Lipinski definition) is 2. The molecule has 1 aromatic heterocycles. The van der Waals surface area contributed by atoms with Crippen molar-refractivity contribution in [3.05, 3.63) is 35.8 Å². The summed E-state index contributed by atoms with van der Waals surface area (Å²) in [7, 11) is 2.01. The molecule has 4 nitrogen and oxygen atoms in total. The Morgan fingerprint density at radius 1 is 1.38 bits per heavy atom. The Kier molecular flexibility index (Phi) is 5.19. The normalized spacial score (nSPS) is 18.9. The molecule has 1 aliphatic heterocycles. The third-order valence-corrected chi connectivity index (χ3v) is 5.01. The van der Waals surface area contributed by atoms with E-state index < -0.39 is 0 Å². The third kappa shape index (κ3) is 3.78. The highest BCUT2D eigenvalue weighted by Crippen LogP contribution is 2.27. The van der Waals surface area contributed by atoms with Crippen LogP contribution in [0.4, 0.5) is 4.39 Å². The van der Waals surface area contributed by atoms with Crippen molar-refractivity contribution in [3.63, 3.8) is 0 Å². The highest BCUT2D eigenvalue weighted by atomic mass is 19.1. The van der Waals surface area contributed by atoms with Crippen molar-refractivity contribution in [1.29, 1.82) is 0 Å². The first kappa shape index (κ1) is 17.0. The van der Waals surface area contributed by atoms with Gasteiger partial charge >= 0.3 is 0 Å². The number of carbonyl (C=O) groups excluding carboxylic acids is 1. The van der Waals surface area contributed by atoms with Gasteiger partial charge in [0.1, 0.15) is 5.82 Å². The Hall–Kier alpha value is -1.88. The van der Waals surface area contributed by atoms with Gasteiger partial charge in [0, 0.05) is 50.2 Å². The van der Waals surface area contributed by atoms with Crippen molar-refractivity contribution in [3.8, 4) is 0 Å². The second-order valence-corrected chi connectivity index (χ2v) is 6.82. The number of nitrogens with one attached hydrogen (secondary N) is 1. The van der Waals surface area contributed by atoms with Crippen LogP contribution in [0.15, 0.2) is 24.4 Å². The second kappa shape index (κ2) is 7.34. The number of aryl methyl sites for hydroxylation is 1. The minimum absolute atomic E-state index is 0.0295. The molecule has 0 radical (unpaired) electrons. The van der Waals surface area contributed by atoms with Crippen molar-refractivity contribution >= 4 is 16.8 Å². The summed E-state index contributed by atoms with van der Waals surface area (Å²) in [5.74, 6) is -0.155. The summed E-state index contributed by atoms with van der Waals surface area (Å²) >= 11 is 0. The fraction of sp³-hybridized carbons (Fsp3) is 0.526. The quantitative estimate of drug-likeness (QED) is 0.913. The smallest absolute Gasteiger partial charge is 0.216 e. The van der Waals surface area contributed by atoms with E-state index in [0.29, 0.717) is 6.04 Å². The molecule has 1 amide bonds. The van der Waals surface area contributed by atoms with E-state index >= 15 is 0 Å². The molecular formula is C19H26FN3O. The summed E-state index contributed by atoms with van der Waals surface area (Å²) in [5.41, 5.74) is 2.25. The zero-order valence-electron chi connectivity index (χ0n) is 14.5. The SMILES string of the molecule is CC(=O)NCC[C@H]1CCCCN1Cc1cn(C)c2ccc(F)cc12. The van der Waals surface area contributed by atoms with Crippen LogP contribution in [0.5, 0.6) is 0 Å². The molecule has 1 aromatic carbocycles. The molecule has 0 spiro atoms. The van der Waals surface area contributed by atoms with Gasteiger partial charge in [0.25, 0.3) is 0 Å². The Bertz CT molecular complexity index is 725. The number of piperidine rings is 1. The van der Waals surface area contributed by atoms with Crippen molar-refractivity contribution < 1.29 is 9.18 Å². The standard InChI is InChI=1S/C19H26FN3O/c1-14(24)21-9-8-17-5-3-4-10-23(17)13-15-12-22(2)19-7-6-16(20)11-18(15)19/h6-7,11-12,17H,3-5,8-10,13H2,1-2H3,(H,21,24)/t17-/m1/s1. The van der Waals surface area contributed by atoms with E-state index in [4.69, 9.17) is 0 Å². The highest BCUT2D eigenvalue weighted by molar-refractivity contribution is 5.84. The van der Waals surface area contributed by atoms with E-state index in [2.05, 4.69) is 21.0 Å². The number of fused-ring (bicyclic) bond motifs is 1. The molecule has 0 bridgehead atoms. The van der Waals surface area contributed by atoms with Crippen LogP contribution in [-0.2, 0) is 18.4 Å². The lowest BCUT2D eigenvalue weighted by molar-refractivity contribution is -0.119. The van der Waals surface area contributed by atoms with Crippen LogP contribution in [0.1, 0.15) is 38.2 Å². The molecule has 1 atom stereocenters. The van der Waals surface area contributed by atoms with E-state index in [9.17, 15) is 9.18 Å². The summed E-state index contributed by atoms with van der Waals surface area (Å²) in [4.78, 5) is 13.6. The third-order valence-electron chi connectivity index (χ3n) is 5.01. The number of benzene rings is 1. The molecule has 1 saturated heterocycles. The van der Waals surface area contributed by atoms with E-state index in [0.717, 1.165) is 37.0 Å². The molecule has 5 heteroatoms. The molecule has 1 N–H and O–H groups in total. The molecule has 3 rings (SSSR count). The lowest BCUT2D eigenvalue weighted by atomic mass is 9.98. The lowest BCUT2D eigenvalue weighted by Crippen LogP contribution is -2.41.